The Morgan fingerprint density at radius 1 is 1.03 bits per heavy atom. The minimum absolute atomic E-state index is 0.137. The number of benzene rings is 2. The number of para-hydroxylation sites is 2. The second-order valence-electron chi connectivity index (χ2n) is 6.36. The smallest absolute Gasteiger partial charge is 0.234 e. The fraction of sp³-hybridized carbons (Fsp3) is 0.136. The Labute approximate surface area is 188 Å². The lowest BCUT2D eigenvalue weighted by Crippen LogP contribution is -2.14. The van der Waals surface area contributed by atoms with Crippen molar-refractivity contribution in [2.45, 2.75) is 5.16 Å². The number of amides is 1. The summed E-state index contributed by atoms with van der Waals surface area (Å²) in [4.78, 5) is 13.5. The lowest BCUT2D eigenvalue weighted by molar-refractivity contribution is -0.113. The third-order valence-corrected chi connectivity index (χ3v) is 6.20. The number of thioether (sulfide) groups is 1. The molecule has 0 saturated heterocycles. The topological polar surface area (TPSA) is 78.3 Å². The van der Waals surface area contributed by atoms with Gasteiger partial charge in [-0.05, 0) is 47.8 Å². The van der Waals surface area contributed by atoms with E-state index in [1.807, 2.05) is 46.3 Å². The molecule has 0 aliphatic rings. The highest BCUT2D eigenvalue weighted by atomic mass is 32.2. The molecule has 0 saturated carbocycles. The van der Waals surface area contributed by atoms with Crippen LogP contribution in [0, 0.1) is 0 Å². The summed E-state index contributed by atoms with van der Waals surface area (Å²) in [6.45, 7) is 0. The van der Waals surface area contributed by atoms with Gasteiger partial charge >= 0.3 is 0 Å². The van der Waals surface area contributed by atoms with E-state index >= 15 is 0 Å². The molecule has 1 N–H and O–H groups in total. The van der Waals surface area contributed by atoms with Crippen LogP contribution in [0.3, 0.4) is 0 Å². The first kappa shape index (κ1) is 21.0. The summed E-state index contributed by atoms with van der Waals surface area (Å²) >= 11 is 2.89. The Kier molecular flexibility index (Phi) is 6.54. The lowest BCUT2D eigenvalue weighted by Gasteiger charge is -2.13. The van der Waals surface area contributed by atoms with Crippen molar-refractivity contribution < 1.29 is 14.3 Å². The Balaban J connectivity index is 1.57. The highest BCUT2D eigenvalue weighted by Gasteiger charge is 2.20. The highest BCUT2D eigenvalue weighted by Crippen LogP contribution is 2.34. The van der Waals surface area contributed by atoms with Crippen molar-refractivity contribution in [1.82, 2.24) is 14.8 Å². The van der Waals surface area contributed by atoms with Crippen LogP contribution in [0.5, 0.6) is 11.5 Å². The van der Waals surface area contributed by atoms with Gasteiger partial charge in [-0.15, -0.1) is 21.5 Å². The van der Waals surface area contributed by atoms with Gasteiger partial charge in [-0.1, -0.05) is 30.0 Å². The molecule has 9 heteroatoms. The molecule has 0 atom stereocenters. The zero-order valence-corrected chi connectivity index (χ0v) is 18.6. The maximum atomic E-state index is 12.5. The summed E-state index contributed by atoms with van der Waals surface area (Å²) in [5.41, 5.74) is 1.52. The second-order valence-corrected chi connectivity index (χ2v) is 8.25. The summed E-state index contributed by atoms with van der Waals surface area (Å²) in [7, 11) is 3.23. The summed E-state index contributed by atoms with van der Waals surface area (Å²) in [5.74, 6) is 2.19. The van der Waals surface area contributed by atoms with Crippen LogP contribution in [-0.2, 0) is 4.79 Å². The van der Waals surface area contributed by atoms with E-state index in [0.717, 1.165) is 16.3 Å². The summed E-state index contributed by atoms with van der Waals surface area (Å²) < 4.78 is 12.6. The van der Waals surface area contributed by atoms with Crippen LogP contribution < -0.4 is 14.8 Å². The molecule has 2 aromatic carbocycles. The van der Waals surface area contributed by atoms with Gasteiger partial charge in [0.2, 0.25) is 5.91 Å². The fourth-order valence-electron chi connectivity index (χ4n) is 2.96. The molecule has 2 heterocycles. The monoisotopic (exact) mass is 452 g/mol. The predicted molar refractivity (Wildman–Crippen MR) is 124 cm³/mol. The number of ether oxygens (including phenoxy) is 2. The van der Waals surface area contributed by atoms with Crippen molar-refractivity contribution in [1.29, 1.82) is 0 Å². The number of hydrogen-bond donors (Lipinski definition) is 1. The van der Waals surface area contributed by atoms with E-state index in [1.165, 1.54) is 11.8 Å². The van der Waals surface area contributed by atoms with Crippen molar-refractivity contribution in [3.05, 3.63) is 66.0 Å². The average molecular weight is 453 g/mol. The minimum atomic E-state index is -0.137. The largest absolute Gasteiger partial charge is 0.497 e. The highest BCUT2D eigenvalue weighted by molar-refractivity contribution is 7.99. The molecule has 31 heavy (non-hydrogen) atoms. The van der Waals surface area contributed by atoms with Crippen molar-refractivity contribution in [2.24, 2.45) is 0 Å². The molecule has 0 aliphatic carbocycles. The molecule has 4 rings (SSSR count). The van der Waals surface area contributed by atoms with Gasteiger partial charge in [-0.2, -0.15) is 0 Å². The SMILES string of the molecule is COc1ccc(NC(=O)CSc2nnc(-c3cccs3)n2-c2ccccc2OC)cc1. The van der Waals surface area contributed by atoms with Crippen molar-refractivity contribution in [3.8, 4) is 27.9 Å². The molecular formula is C22H20N4O3S2. The minimum Gasteiger partial charge on any atom is -0.497 e. The normalized spacial score (nSPS) is 10.6. The van der Waals surface area contributed by atoms with Gasteiger partial charge in [-0.25, -0.2) is 0 Å². The molecule has 4 aromatic rings. The molecule has 0 fully saturated rings. The molecule has 0 spiro atoms. The molecule has 0 unspecified atom stereocenters. The van der Waals surface area contributed by atoms with Crippen LogP contribution in [0.4, 0.5) is 5.69 Å². The van der Waals surface area contributed by atoms with Gasteiger partial charge in [0.15, 0.2) is 11.0 Å². The Bertz CT molecular complexity index is 1160. The first-order valence-corrected chi connectivity index (χ1v) is 11.3. The number of carbonyl (C=O) groups excluding carboxylic acids is 1. The number of thiophene rings is 1. The Hall–Kier alpha value is -3.30. The molecule has 0 aliphatic heterocycles. The summed E-state index contributed by atoms with van der Waals surface area (Å²) in [6.07, 6.45) is 0. The lowest BCUT2D eigenvalue weighted by atomic mass is 10.3. The summed E-state index contributed by atoms with van der Waals surface area (Å²) in [6, 6.07) is 18.8. The first-order valence-electron chi connectivity index (χ1n) is 9.39. The molecule has 7 nitrogen and oxygen atoms in total. The van der Waals surface area contributed by atoms with Crippen molar-refractivity contribution in [3.63, 3.8) is 0 Å². The molecule has 0 bridgehead atoms. The van der Waals surface area contributed by atoms with Gasteiger partial charge < -0.3 is 14.8 Å². The molecule has 158 valence electrons. The van der Waals surface area contributed by atoms with Crippen molar-refractivity contribution >= 4 is 34.7 Å². The van der Waals surface area contributed by atoms with Crippen LogP contribution in [0.25, 0.3) is 16.4 Å². The molecule has 0 radical (unpaired) electrons. The van der Waals surface area contributed by atoms with Crippen molar-refractivity contribution in [2.75, 3.05) is 25.3 Å². The number of rotatable bonds is 8. The molecule has 1 amide bonds. The number of methoxy groups -OCH3 is 2. The van der Waals surface area contributed by atoms with Gasteiger partial charge in [-0.3, -0.25) is 9.36 Å². The van der Waals surface area contributed by atoms with E-state index in [0.29, 0.717) is 22.4 Å². The quantitative estimate of drug-likeness (QED) is 0.389. The zero-order valence-electron chi connectivity index (χ0n) is 16.9. The number of aromatic nitrogens is 3. The van der Waals surface area contributed by atoms with Crippen LogP contribution in [0.15, 0.2) is 71.2 Å². The van der Waals surface area contributed by atoms with E-state index in [9.17, 15) is 4.79 Å². The number of carbonyl (C=O) groups is 1. The molecule has 2 aromatic heterocycles. The van der Waals surface area contributed by atoms with Crippen LogP contribution >= 0.6 is 23.1 Å². The van der Waals surface area contributed by atoms with Crippen LogP contribution in [0.2, 0.25) is 0 Å². The standard InChI is InChI=1S/C22H20N4O3S2/c1-28-16-11-9-15(10-12-16)23-20(27)14-31-22-25-24-21(19-8-5-13-30-19)26(22)17-6-3-4-7-18(17)29-2/h3-13H,14H2,1-2H3,(H,23,27). The van der Waals surface area contributed by atoms with Gasteiger partial charge in [0.1, 0.15) is 11.5 Å². The number of nitrogens with one attached hydrogen (secondary N) is 1. The number of anilines is 1. The fourth-order valence-corrected chi connectivity index (χ4v) is 4.41. The van der Waals surface area contributed by atoms with Crippen LogP contribution in [0.1, 0.15) is 0 Å². The van der Waals surface area contributed by atoms with E-state index < -0.39 is 0 Å². The van der Waals surface area contributed by atoms with E-state index in [1.54, 1.807) is 49.8 Å². The van der Waals surface area contributed by atoms with E-state index in [-0.39, 0.29) is 11.7 Å². The maximum absolute atomic E-state index is 12.5. The summed E-state index contributed by atoms with van der Waals surface area (Å²) in [5, 5.41) is 14.2. The first-order chi connectivity index (χ1) is 15.2. The third kappa shape index (κ3) is 4.73. The third-order valence-electron chi connectivity index (χ3n) is 4.41. The Morgan fingerprint density at radius 3 is 2.55 bits per heavy atom. The van der Waals surface area contributed by atoms with Gasteiger partial charge in [0.05, 0.1) is 30.5 Å². The van der Waals surface area contributed by atoms with Gasteiger partial charge in [0, 0.05) is 5.69 Å². The average Bonchev–Trinajstić information content (AvgIpc) is 3.48. The van der Waals surface area contributed by atoms with E-state index in [4.69, 9.17) is 9.47 Å². The zero-order chi connectivity index (χ0) is 21.6. The number of nitrogens with zero attached hydrogens (tertiary/aromatic N) is 3. The molecular weight excluding hydrogens is 432 g/mol. The van der Waals surface area contributed by atoms with Crippen LogP contribution in [-0.4, -0.2) is 40.6 Å². The number of hydrogen-bond acceptors (Lipinski definition) is 7. The maximum Gasteiger partial charge on any atom is 0.234 e. The predicted octanol–water partition coefficient (Wildman–Crippen LogP) is 4.74. The Morgan fingerprint density at radius 2 is 1.84 bits per heavy atom. The van der Waals surface area contributed by atoms with E-state index in [2.05, 4.69) is 15.5 Å². The second kappa shape index (κ2) is 9.67. The van der Waals surface area contributed by atoms with Gasteiger partial charge in [0.25, 0.3) is 0 Å².